The highest BCUT2D eigenvalue weighted by molar-refractivity contribution is 7.99. The van der Waals surface area contributed by atoms with Crippen LogP contribution < -0.4 is 0 Å². The normalized spacial score (nSPS) is 11.4. The zero-order valence-electron chi connectivity index (χ0n) is 15.8. The number of aromatic nitrogens is 4. The van der Waals surface area contributed by atoms with Crippen molar-refractivity contribution in [1.82, 2.24) is 20.2 Å². The maximum absolute atomic E-state index is 12.5. The van der Waals surface area contributed by atoms with E-state index in [2.05, 4.69) is 36.3 Å². The maximum Gasteiger partial charge on any atom is 0.335 e. The number of carboxylic acid groups (broad SMARTS) is 1. The highest BCUT2D eigenvalue weighted by Gasteiger charge is 2.16. The van der Waals surface area contributed by atoms with E-state index in [1.54, 1.807) is 12.1 Å². The van der Waals surface area contributed by atoms with Crippen LogP contribution in [0, 0.1) is 0 Å². The van der Waals surface area contributed by atoms with Crippen molar-refractivity contribution >= 4 is 23.5 Å². The fourth-order valence-electron chi connectivity index (χ4n) is 2.55. The summed E-state index contributed by atoms with van der Waals surface area (Å²) in [6.45, 7) is 6.38. The first-order valence-corrected chi connectivity index (χ1v) is 9.63. The van der Waals surface area contributed by atoms with Crippen LogP contribution in [0.3, 0.4) is 0 Å². The number of hydrogen-bond acceptors (Lipinski definition) is 6. The minimum Gasteiger partial charge on any atom is -0.478 e. The number of Topliss-reactive ketones (excluding diaryl/α,β-unsaturated/α-hetero) is 1. The van der Waals surface area contributed by atoms with Gasteiger partial charge in [-0.2, -0.15) is 4.68 Å². The van der Waals surface area contributed by atoms with Crippen molar-refractivity contribution < 1.29 is 14.7 Å². The molecule has 1 aromatic heterocycles. The quantitative estimate of drug-likeness (QED) is 0.502. The van der Waals surface area contributed by atoms with E-state index in [0.29, 0.717) is 16.4 Å². The van der Waals surface area contributed by atoms with Gasteiger partial charge in [0.2, 0.25) is 5.16 Å². The van der Waals surface area contributed by atoms with E-state index in [1.165, 1.54) is 34.1 Å². The summed E-state index contributed by atoms with van der Waals surface area (Å²) in [7, 11) is 0. The van der Waals surface area contributed by atoms with E-state index in [1.807, 2.05) is 24.3 Å². The number of rotatable bonds is 6. The second-order valence-electron chi connectivity index (χ2n) is 7.26. The van der Waals surface area contributed by atoms with Crippen LogP contribution in [-0.4, -0.2) is 42.8 Å². The van der Waals surface area contributed by atoms with Crippen LogP contribution in [0.15, 0.2) is 53.7 Å². The second kappa shape index (κ2) is 7.93. The SMILES string of the molecule is CC(C)(C)c1ccc(C(=O)CSc2nnnn2-c2ccc(C(=O)O)cc2)cc1. The minimum absolute atomic E-state index is 0.0127. The Labute approximate surface area is 166 Å². The summed E-state index contributed by atoms with van der Waals surface area (Å²) >= 11 is 1.23. The van der Waals surface area contributed by atoms with Gasteiger partial charge in [0.25, 0.3) is 0 Å². The van der Waals surface area contributed by atoms with Crippen molar-refractivity contribution in [3.05, 3.63) is 65.2 Å². The van der Waals surface area contributed by atoms with Crippen molar-refractivity contribution in [3.63, 3.8) is 0 Å². The first kappa shape index (κ1) is 19.8. The number of tetrazole rings is 1. The zero-order valence-corrected chi connectivity index (χ0v) is 16.6. The molecule has 1 heterocycles. The molecular weight excluding hydrogens is 376 g/mol. The van der Waals surface area contributed by atoms with Crippen LogP contribution in [0.25, 0.3) is 5.69 Å². The predicted molar refractivity (Wildman–Crippen MR) is 106 cm³/mol. The minimum atomic E-state index is -0.999. The van der Waals surface area contributed by atoms with Crippen molar-refractivity contribution in [2.24, 2.45) is 0 Å². The Bertz CT molecular complexity index is 990. The highest BCUT2D eigenvalue weighted by atomic mass is 32.2. The van der Waals surface area contributed by atoms with Gasteiger partial charge >= 0.3 is 5.97 Å². The third kappa shape index (κ3) is 4.45. The van der Waals surface area contributed by atoms with E-state index < -0.39 is 5.97 Å². The smallest absolute Gasteiger partial charge is 0.335 e. The molecule has 0 aliphatic heterocycles. The molecule has 0 radical (unpaired) electrons. The number of aromatic carboxylic acids is 1. The average Bonchev–Trinajstić information content (AvgIpc) is 3.14. The molecule has 0 unspecified atom stereocenters. The van der Waals surface area contributed by atoms with Crippen LogP contribution in [0.1, 0.15) is 47.1 Å². The van der Waals surface area contributed by atoms with Crippen molar-refractivity contribution in [2.75, 3.05) is 5.75 Å². The number of benzene rings is 2. The lowest BCUT2D eigenvalue weighted by atomic mass is 9.86. The number of nitrogens with zero attached hydrogens (tertiary/aromatic N) is 4. The van der Waals surface area contributed by atoms with Gasteiger partial charge in [-0.25, -0.2) is 4.79 Å². The monoisotopic (exact) mass is 396 g/mol. The highest BCUT2D eigenvalue weighted by Crippen LogP contribution is 2.24. The molecule has 0 saturated carbocycles. The number of carbonyl (C=O) groups is 2. The lowest BCUT2D eigenvalue weighted by molar-refractivity contribution is 0.0696. The summed E-state index contributed by atoms with van der Waals surface area (Å²) in [5.74, 6) is -0.815. The van der Waals surface area contributed by atoms with Crippen molar-refractivity contribution in [2.45, 2.75) is 31.3 Å². The predicted octanol–water partition coefficient (Wildman–Crippen LogP) is 3.63. The molecule has 0 spiro atoms. The van der Waals surface area contributed by atoms with Gasteiger partial charge in [-0.3, -0.25) is 4.79 Å². The zero-order chi connectivity index (χ0) is 20.3. The average molecular weight is 396 g/mol. The molecule has 0 aliphatic rings. The number of ketones is 1. The summed E-state index contributed by atoms with van der Waals surface area (Å²) in [5.41, 5.74) is 2.66. The Balaban J connectivity index is 1.69. The van der Waals surface area contributed by atoms with E-state index in [0.717, 1.165) is 0 Å². The topological polar surface area (TPSA) is 98.0 Å². The molecule has 28 heavy (non-hydrogen) atoms. The molecule has 0 saturated heterocycles. The van der Waals surface area contributed by atoms with Crippen LogP contribution in [0.2, 0.25) is 0 Å². The summed E-state index contributed by atoms with van der Waals surface area (Å²) in [6.07, 6.45) is 0. The van der Waals surface area contributed by atoms with Crippen LogP contribution in [-0.2, 0) is 5.41 Å². The fourth-order valence-corrected chi connectivity index (χ4v) is 3.33. The second-order valence-corrected chi connectivity index (χ2v) is 8.21. The lowest BCUT2D eigenvalue weighted by Crippen LogP contribution is -2.11. The summed E-state index contributed by atoms with van der Waals surface area (Å²) in [6, 6.07) is 13.9. The van der Waals surface area contributed by atoms with Crippen molar-refractivity contribution in [1.29, 1.82) is 0 Å². The van der Waals surface area contributed by atoms with Gasteiger partial charge in [0.05, 0.1) is 17.0 Å². The third-order valence-electron chi connectivity index (χ3n) is 4.20. The Hall–Kier alpha value is -3.00. The van der Waals surface area contributed by atoms with Crippen LogP contribution >= 0.6 is 11.8 Å². The van der Waals surface area contributed by atoms with Gasteiger partial charge in [-0.1, -0.05) is 56.8 Å². The molecule has 0 atom stereocenters. The molecule has 0 bridgehead atoms. The molecule has 0 fully saturated rings. The van der Waals surface area contributed by atoms with Gasteiger partial charge in [-0.05, 0) is 45.7 Å². The summed E-state index contributed by atoms with van der Waals surface area (Å²) in [5, 5.41) is 21.0. The molecule has 3 aromatic rings. The Kier molecular flexibility index (Phi) is 5.60. The fraction of sp³-hybridized carbons (Fsp3) is 0.250. The molecule has 0 aliphatic carbocycles. The molecule has 7 nitrogen and oxygen atoms in total. The van der Waals surface area contributed by atoms with E-state index in [-0.39, 0.29) is 22.5 Å². The number of hydrogen-bond donors (Lipinski definition) is 1. The van der Waals surface area contributed by atoms with Gasteiger partial charge in [0.1, 0.15) is 0 Å². The summed E-state index contributed by atoms with van der Waals surface area (Å²) < 4.78 is 1.48. The first-order chi connectivity index (χ1) is 13.3. The standard InChI is InChI=1S/C20H20N4O3S/c1-20(2,3)15-8-4-13(5-9-15)17(25)12-28-19-21-22-23-24(19)16-10-6-14(7-11-16)18(26)27/h4-11H,12H2,1-3H3,(H,26,27). The molecule has 2 aromatic carbocycles. The molecule has 1 N–H and O–H groups in total. The van der Waals surface area contributed by atoms with E-state index in [4.69, 9.17) is 5.11 Å². The van der Waals surface area contributed by atoms with E-state index >= 15 is 0 Å². The third-order valence-corrected chi connectivity index (χ3v) is 5.12. The maximum atomic E-state index is 12.5. The first-order valence-electron chi connectivity index (χ1n) is 8.64. The molecule has 144 valence electrons. The Morgan fingerprint density at radius 3 is 2.18 bits per heavy atom. The number of carbonyl (C=O) groups excluding carboxylic acids is 1. The Morgan fingerprint density at radius 2 is 1.61 bits per heavy atom. The molecule has 0 amide bonds. The molecule has 3 rings (SSSR count). The number of thioether (sulfide) groups is 1. The Morgan fingerprint density at radius 1 is 1.00 bits per heavy atom. The molecule has 8 heteroatoms. The van der Waals surface area contributed by atoms with Gasteiger partial charge < -0.3 is 5.11 Å². The molecular formula is C20H20N4O3S. The van der Waals surface area contributed by atoms with Crippen molar-refractivity contribution in [3.8, 4) is 5.69 Å². The van der Waals surface area contributed by atoms with Crippen LogP contribution in [0.5, 0.6) is 0 Å². The van der Waals surface area contributed by atoms with Gasteiger partial charge in [-0.15, -0.1) is 5.10 Å². The van der Waals surface area contributed by atoms with Crippen LogP contribution in [0.4, 0.5) is 0 Å². The lowest BCUT2D eigenvalue weighted by Gasteiger charge is -2.18. The van der Waals surface area contributed by atoms with Gasteiger partial charge in [0.15, 0.2) is 5.78 Å². The van der Waals surface area contributed by atoms with E-state index in [9.17, 15) is 9.59 Å². The summed E-state index contributed by atoms with van der Waals surface area (Å²) in [4.78, 5) is 23.5. The van der Waals surface area contributed by atoms with Gasteiger partial charge in [0, 0.05) is 5.56 Å². The number of carboxylic acids is 1. The largest absolute Gasteiger partial charge is 0.478 e.